The molecule has 108 valence electrons. The van der Waals surface area contributed by atoms with E-state index in [0.29, 0.717) is 0 Å². The number of aryl methyl sites for hydroxylation is 1. The van der Waals surface area contributed by atoms with Crippen LogP contribution in [0.3, 0.4) is 0 Å². The fraction of sp³-hybridized carbons (Fsp3) is 0.667. The van der Waals surface area contributed by atoms with Crippen molar-refractivity contribution in [3.8, 4) is 0 Å². The van der Waals surface area contributed by atoms with E-state index < -0.39 is 8.56 Å². The first-order chi connectivity index (χ1) is 9.20. The van der Waals surface area contributed by atoms with Crippen LogP contribution in [-0.2, 0) is 15.3 Å². The zero-order chi connectivity index (χ0) is 14.0. The van der Waals surface area contributed by atoms with E-state index in [1.54, 1.807) is 0 Å². The summed E-state index contributed by atoms with van der Waals surface area (Å²) in [5.74, 6) is 0. The average Bonchev–Trinajstić information content (AvgIpc) is 2.44. The van der Waals surface area contributed by atoms with Crippen molar-refractivity contribution in [3.63, 3.8) is 0 Å². The molecular formula is C15H27NO2Si. The van der Waals surface area contributed by atoms with Crippen molar-refractivity contribution in [1.29, 1.82) is 0 Å². The molecule has 1 heterocycles. The molecular weight excluding hydrogens is 254 g/mol. The predicted molar refractivity (Wildman–Crippen MR) is 81.5 cm³/mol. The Morgan fingerprint density at radius 3 is 2.16 bits per heavy atom. The molecule has 0 N–H and O–H groups in total. The summed E-state index contributed by atoms with van der Waals surface area (Å²) < 4.78 is 12.0. The van der Waals surface area contributed by atoms with E-state index in [1.807, 2.05) is 12.4 Å². The summed E-state index contributed by atoms with van der Waals surface area (Å²) in [5.41, 5.74) is 1.34. The minimum absolute atomic E-state index is 0.821. The van der Waals surface area contributed by atoms with E-state index in [1.165, 1.54) is 5.56 Å². The SMILES string of the molecule is CCCO[Si](C)(CCCc1ccncc1)OCCC. The van der Waals surface area contributed by atoms with Crippen LogP contribution < -0.4 is 0 Å². The Labute approximate surface area is 118 Å². The van der Waals surface area contributed by atoms with Crippen LogP contribution >= 0.6 is 0 Å². The number of hydrogen-bond donors (Lipinski definition) is 0. The van der Waals surface area contributed by atoms with E-state index in [0.717, 1.165) is 44.9 Å². The number of hydrogen-bond acceptors (Lipinski definition) is 3. The molecule has 3 nitrogen and oxygen atoms in total. The monoisotopic (exact) mass is 281 g/mol. The second kappa shape index (κ2) is 9.23. The average molecular weight is 281 g/mol. The maximum absolute atomic E-state index is 6.02. The van der Waals surface area contributed by atoms with Crippen molar-refractivity contribution in [2.24, 2.45) is 0 Å². The van der Waals surface area contributed by atoms with Crippen LogP contribution in [-0.4, -0.2) is 26.8 Å². The summed E-state index contributed by atoms with van der Waals surface area (Å²) in [7, 11) is -1.96. The Kier molecular flexibility index (Phi) is 7.94. The summed E-state index contributed by atoms with van der Waals surface area (Å²) >= 11 is 0. The molecule has 0 amide bonds. The lowest BCUT2D eigenvalue weighted by molar-refractivity contribution is 0.172. The fourth-order valence-corrected chi connectivity index (χ4v) is 4.45. The molecule has 0 aliphatic carbocycles. The Bertz CT molecular complexity index is 324. The van der Waals surface area contributed by atoms with Crippen LogP contribution in [0.25, 0.3) is 0 Å². The third-order valence-electron chi connectivity index (χ3n) is 3.07. The molecule has 4 heteroatoms. The third-order valence-corrected chi connectivity index (χ3v) is 5.96. The predicted octanol–water partition coefficient (Wildman–Crippen LogP) is 3.94. The topological polar surface area (TPSA) is 31.4 Å². The van der Waals surface area contributed by atoms with Gasteiger partial charge in [0.2, 0.25) is 0 Å². The van der Waals surface area contributed by atoms with Crippen LogP contribution in [0.2, 0.25) is 12.6 Å². The van der Waals surface area contributed by atoms with Gasteiger partial charge in [0.15, 0.2) is 0 Å². The lowest BCUT2D eigenvalue weighted by Crippen LogP contribution is -2.39. The van der Waals surface area contributed by atoms with Crippen LogP contribution in [0.5, 0.6) is 0 Å². The van der Waals surface area contributed by atoms with Gasteiger partial charge in [0, 0.05) is 25.6 Å². The lowest BCUT2D eigenvalue weighted by Gasteiger charge is -2.27. The van der Waals surface area contributed by atoms with Crippen molar-refractivity contribution < 1.29 is 8.85 Å². The molecule has 0 unspecified atom stereocenters. The molecule has 0 radical (unpaired) electrons. The van der Waals surface area contributed by atoms with Gasteiger partial charge in [-0.2, -0.15) is 0 Å². The van der Waals surface area contributed by atoms with Gasteiger partial charge in [0.05, 0.1) is 0 Å². The Balaban J connectivity index is 2.39. The smallest absolute Gasteiger partial charge is 0.334 e. The van der Waals surface area contributed by atoms with E-state index in [-0.39, 0.29) is 0 Å². The minimum atomic E-state index is -1.96. The van der Waals surface area contributed by atoms with Gasteiger partial charge >= 0.3 is 8.56 Å². The molecule has 0 spiro atoms. The van der Waals surface area contributed by atoms with Gasteiger partial charge < -0.3 is 8.85 Å². The molecule has 1 aromatic rings. The summed E-state index contributed by atoms with van der Waals surface area (Å²) in [6, 6.07) is 5.23. The highest BCUT2D eigenvalue weighted by Gasteiger charge is 2.30. The zero-order valence-electron chi connectivity index (χ0n) is 12.5. The largest absolute Gasteiger partial charge is 0.394 e. The van der Waals surface area contributed by atoms with Gasteiger partial charge in [-0.25, -0.2) is 0 Å². The first-order valence-electron chi connectivity index (χ1n) is 7.37. The highest BCUT2D eigenvalue weighted by atomic mass is 28.4. The molecule has 1 rings (SSSR count). The normalized spacial score (nSPS) is 11.7. The number of rotatable bonds is 10. The molecule has 1 aromatic heterocycles. The quantitative estimate of drug-likeness (QED) is 0.609. The molecule has 0 aromatic carbocycles. The molecule has 0 saturated heterocycles. The van der Waals surface area contributed by atoms with E-state index in [9.17, 15) is 0 Å². The first kappa shape index (κ1) is 16.3. The Morgan fingerprint density at radius 2 is 1.63 bits per heavy atom. The van der Waals surface area contributed by atoms with Crippen molar-refractivity contribution in [2.75, 3.05) is 13.2 Å². The highest BCUT2D eigenvalue weighted by Crippen LogP contribution is 2.18. The Morgan fingerprint density at radius 1 is 1.05 bits per heavy atom. The number of aromatic nitrogens is 1. The van der Waals surface area contributed by atoms with E-state index in [2.05, 4.69) is 37.5 Å². The maximum atomic E-state index is 6.02. The zero-order valence-corrected chi connectivity index (χ0v) is 13.5. The standard InChI is InChI=1S/C15H27NO2Si/c1-4-12-17-19(3,18-13-5-2)14-6-7-15-8-10-16-11-9-15/h8-11H,4-7,12-14H2,1-3H3. The van der Waals surface area contributed by atoms with E-state index in [4.69, 9.17) is 8.85 Å². The van der Waals surface area contributed by atoms with Crippen molar-refractivity contribution in [1.82, 2.24) is 4.98 Å². The number of pyridine rings is 1. The van der Waals surface area contributed by atoms with Gasteiger partial charge in [0.1, 0.15) is 0 Å². The summed E-state index contributed by atoms with van der Waals surface area (Å²) in [6.07, 6.45) is 8.03. The first-order valence-corrected chi connectivity index (χ1v) is 9.89. The molecule has 0 aliphatic heterocycles. The van der Waals surface area contributed by atoms with Gasteiger partial charge in [-0.1, -0.05) is 13.8 Å². The van der Waals surface area contributed by atoms with Gasteiger partial charge in [-0.15, -0.1) is 0 Å². The molecule has 0 fully saturated rings. The Hall–Kier alpha value is -0.713. The molecule has 0 saturated carbocycles. The second-order valence-corrected chi connectivity index (χ2v) is 8.38. The summed E-state index contributed by atoms with van der Waals surface area (Å²) in [6.45, 7) is 8.13. The summed E-state index contributed by atoms with van der Waals surface area (Å²) in [5, 5.41) is 0. The van der Waals surface area contributed by atoms with Crippen LogP contribution in [0.1, 0.15) is 38.7 Å². The number of nitrogens with zero attached hydrogens (tertiary/aromatic N) is 1. The minimum Gasteiger partial charge on any atom is -0.394 e. The molecule has 0 bridgehead atoms. The van der Waals surface area contributed by atoms with E-state index >= 15 is 0 Å². The third kappa shape index (κ3) is 6.85. The van der Waals surface area contributed by atoms with Crippen molar-refractivity contribution in [2.45, 2.75) is 52.1 Å². The van der Waals surface area contributed by atoms with Crippen LogP contribution in [0, 0.1) is 0 Å². The molecule has 0 atom stereocenters. The molecule has 0 aliphatic rings. The van der Waals surface area contributed by atoms with Crippen LogP contribution in [0.15, 0.2) is 24.5 Å². The highest BCUT2D eigenvalue weighted by molar-refractivity contribution is 6.66. The maximum Gasteiger partial charge on any atom is 0.334 e. The van der Waals surface area contributed by atoms with Crippen molar-refractivity contribution in [3.05, 3.63) is 30.1 Å². The van der Waals surface area contributed by atoms with Crippen molar-refractivity contribution >= 4 is 8.56 Å². The second-order valence-electron chi connectivity index (χ2n) is 5.04. The van der Waals surface area contributed by atoms with Gasteiger partial charge in [-0.05, 0) is 56.0 Å². The fourth-order valence-electron chi connectivity index (χ4n) is 1.99. The van der Waals surface area contributed by atoms with Crippen LogP contribution in [0.4, 0.5) is 0 Å². The van der Waals surface area contributed by atoms with Gasteiger partial charge in [0.25, 0.3) is 0 Å². The summed E-state index contributed by atoms with van der Waals surface area (Å²) in [4.78, 5) is 4.04. The van der Waals surface area contributed by atoms with Gasteiger partial charge in [-0.3, -0.25) is 4.98 Å². The molecule has 19 heavy (non-hydrogen) atoms. The lowest BCUT2D eigenvalue weighted by atomic mass is 10.2.